The third-order valence-corrected chi connectivity index (χ3v) is 3.91. The molecule has 0 aromatic heterocycles. The Hall–Kier alpha value is -1.26. The molecular weight excluding hydrogens is 300 g/mol. The molecule has 0 atom stereocenters. The molecule has 1 amide bonds. The molecule has 0 saturated carbocycles. The molecule has 1 aliphatic rings. The van der Waals surface area contributed by atoms with Gasteiger partial charge in [-0.15, -0.1) is 12.4 Å². The smallest absolute Gasteiger partial charge is 0.410 e. The zero-order valence-electron chi connectivity index (χ0n) is 13.3. The van der Waals surface area contributed by atoms with Crippen LogP contribution in [0.1, 0.15) is 31.7 Å². The number of carbonyl (C=O) groups excluding carboxylic acids is 1. The molecule has 0 bridgehead atoms. The van der Waals surface area contributed by atoms with Gasteiger partial charge in [-0.05, 0) is 37.9 Å². The Morgan fingerprint density at radius 3 is 2.59 bits per heavy atom. The Labute approximate surface area is 139 Å². The van der Waals surface area contributed by atoms with Gasteiger partial charge in [0.05, 0.1) is 6.61 Å². The van der Waals surface area contributed by atoms with Gasteiger partial charge in [0.2, 0.25) is 0 Å². The van der Waals surface area contributed by atoms with Gasteiger partial charge in [0.15, 0.2) is 0 Å². The van der Waals surface area contributed by atoms with E-state index in [0.29, 0.717) is 12.6 Å². The lowest BCUT2D eigenvalue weighted by atomic mass is 10.1. The molecular formula is C17H27ClN2O2. The van der Waals surface area contributed by atoms with Crippen LogP contribution in [0.4, 0.5) is 4.79 Å². The molecule has 1 N–H and O–H groups in total. The van der Waals surface area contributed by atoms with Crippen molar-refractivity contribution in [3.63, 3.8) is 0 Å². The van der Waals surface area contributed by atoms with E-state index in [4.69, 9.17) is 4.74 Å². The van der Waals surface area contributed by atoms with Crippen LogP contribution in [0.2, 0.25) is 0 Å². The van der Waals surface area contributed by atoms with Crippen LogP contribution in [0.15, 0.2) is 30.3 Å². The summed E-state index contributed by atoms with van der Waals surface area (Å²) in [7, 11) is 0. The van der Waals surface area contributed by atoms with Gasteiger partial charge in [-0.1, -0.05) is 37.3 Å². The molecule has 1 saturated heterocycles. The second kappa shape index (κ2) is 10.5. The fraction of sp³-hybridized carbons (Fsp3) is 0.588. The van der Waals surface area contributed by atoms with Gasteiger partial charge in [-0.3, -0.25) is 0 Å². The molecule has 1 heterocycles. The zero-order chi connectivity index (χ0) is 14.9. The summed E-state index contributed by atoms with van der Waals surface area (Å²) < 4.78 is 5.48. The van der Waals surface area contributed by atoms with E-state index in [0.717, 1.165) is 45.3 Å². The number of halogens is 1. The van der Waals surface area contributed by atoms with Gasteiger partial charge in [-0.25, -0.2) is 4.79 Å². The Kier molecular flexibility index (Phi) is 8.94. The highest BCUT2D eigenvalue weighted by Gasteiger charge is 2.25. The summed E-state index contributed by atoms with van der Waals surface area (Å²) in [6, 6.07) is 10.5. The predicted octanol–water partition coefficient (Wildman–Crippen LogP) is 3.25. The van der Waals surface area contributed by atoms with Crippen molar-refractivity contribution in [1.29, 1.82) is 0 Å². The van der Waals surface area contributed by atoms with Crippen LogP contribution in [-0.4, -0.2) is 43.3 Å². The first-order valence-corrected chi connectivity index (χ1v) is 7.99. The number of carbonyl (C=O) groups is 1. The molecule has 1 aromatic rings. The van der Waals surface area contributed by atoms with E-state index in [1.165, 1.54) is 5.56 Å². The first kappa shape index (κ1) is 18.8. The second-order valence-corrected chi connectivity index (χ2v) is 5.52. The van der Waals surface area contributed by atoms with Gasteiger partial charge < -0.3 is 15.0 Å². The third-order valence-electron chi connectivity index (χ3n) is 3.91. The Bertz CT molecular complexity index is 422. The summed E-state index contributed by atoms with van der Waals surface area (Å²) >= 11 is 0. The number of nitrogens with one attached hydrogen (secondary N) is 1. The van der Waals surface area contributed by atoms with Crippen LogP contribution in [0.3, 0.4) is 0 Å². The maximum atomic E-state index is 12.3. The lowest BCUT2D eigenvalue weighted by Gasteiger charge is -2.33. The van der Waals surface area contributed by atoms with Gasteiger partial charge in [0.25, 0.3) is 0 Å². The zero-order valence-corrected chi connectivity index (χ0v) is 14.1. The number of benzene rings is 1. The van der Waals surface area contributed by atoms with E-state index in [-0.39, 0.29) is 18.5 Å². The standard InChI is InChI=1S/C17H26N2O2.ClH/c1-2-13-19(16-8-11-18-12-9-16)17(20)21-14-10-15-6-4-3-5-7-15;/h3-7,16,18H,2,8-14H2,1H3;1H. The van der Waals surface area contributed by atoms with E-state index >= 15 is 0 Å². The number of ether oxygens (including phenoxy) is 1. The van der Waals surface area contributed by atoms with Crippen LogP contribution in [0.5, 0.6) is 0 Å². The minimum atomic E-state index is -0.153. The van der Waals surface area contributed by atoms with Gasteiger partial charge >= 0.3 is 6.09 Å². The molecule has 1 aromatic carbocycles. The molecule has 1 fully saturated rings. The fourth-order valence-electron chi connectivity index (χ4n) is 2.77. The average molecular weight is 327 g/mol. The van der Waals surface area contributed by atoms with E-state index < -0.39 is 0 Å². The quantitative estimate of drug-likeness (QED) is 0.872. The predicted molar refractivity (Wildman–Crippen MR) is 91.6 cm³/mol. The van der Waals surface area contributed by atoms with Crippen molar-refractivity contribution < 1.29 is 9.53 Å². The topological polar surface area (TPSA) is 41.6 Å². The second-order valence-electron chi connectivity index (χ2n) is 5.52. The molecule has 0 unspecified atom stereocenters. The number of piperidine rings is 1. The van der Waals surface area contributed by atoms with E-state index in [2.05, 4.69) is 24.4 Å². The lowest BCUT2D eigenvalue weighted by Crippen LogP contribution is -2.46. The number of rotatable bonds is 6. The van der Waals surface area contributed by atoms with Crippen LogP contribution in [0.25, 0.3) is 0 Å². The van der Waals surface area contributed by atoms with E-state index in [9.17, 15) is 4.79 Å². The van der Waals surface area contributed by atoms with Crippen LogP contribution in [0, 0.1) is 0 Å². The molecule has 22 heavy (non-hydrogen) atoms. The highest BCUT2D eigenvalue weighted by atomic mass is 35.5. The number of nitrogens with zero attached hydrogens (tertiary/aromatic N) is 1. The highest BCUT2D eigenvalue weighted by molar-refractivity contribution is 5.85. The normalized spacial score (nSPS) is 15.0. The largest absolute Gasteiger partial charge is 0.449 e. The van der Waals surface area contributed by atoms with Crippen LogP contribution >= 0.6 is 12.4 Å². The Morgan fingerprint density at radius 1 is 1.27 bits per heavy atom. The molecule has 0 radical (unpaired) electrons. The minimum absolute atomic E-state index is 0. The van der Waals surface area contributed by atoms with Crippen molar-refractivity contribution >= 4 is 18.5 Å². The Balaban J connectivity index is 0.00000242. The van der Waals surface area contributed by atoms with Crippen molar-refractivity contribution in [2.45, 2.75) is 38.6 Å². The number of hydrogen-bond donors (Lipinski definition) is 1. The van der Waals surface area contributed by atoms with Crippen molar-refractivity contribution in [3.8, 4) is 0 Å². The number of hydrogen-bond acceptors (Lipinski definition) is 3. The van der Waals surface area contributed by atoms with Crippen molar-refractivity contribution in [2.75, 3.05) is 26.2 Å². The molecule has 124 valence electrons. The van der Waals surface area contributed by atoms with Crippen LogP contribution in [-0.2, 0) is 11.2 Å². The van der Waals surface area contributed by atoms with Gasteiger partial charge in [0.1, 0.15) is 0 Å². The SMILES string of the molecule is CCCN(C(=O)OCCc1ccccc1)C1CCNCC1.Cl. The van der Waals surface area contributed by atoms with Crippen LogP contribution < -0.4 is 5.32 Å². The van der Waals surface area contributed by atoms with Crippen molar-refractivity contribution in [1.82, 2.24) is 10.2 Å². The average Bonchev–Trinajstić information content (AvgIpc) is 2.54. The third kappa shape index (κ3) is 5.85. The maximum Gasteiger partial charge on any atom is 0.410 e. The molecule has 2 rings (SSSR count). The summed E-state index contributed by atoms with van der Waals surface area (Å²) in [5, 5.41) is 3.34. The lowest BCUT2D eigenvalue weighted by molar-refractivity contribution is 0.0794. The maximum absolute atomic E-state index is 12.3. The molecule has 4 nitrogen and oxygen atoms in total. The van der Waals surface area contributed by atoms with Gasteiger partial charge in [-0.2, -0.15) is 0 Å². The summed E-state index contributed by atoms with van der Waals surface area (Å²) in [6.07, 6.45) is 3.64. The fourth-order valence-corrected chi connectivity index (χ4v) is 2.77. The molecule has 0 spiro atoms. The number of amides is 1. The van der Waals surface area contributed by atoms with Crippen molar-refractivity contribution in [2.24, 2.45) is 0 Å². The first-order valence-electron chi connectivity index (χ1n) is 7.99. The monoisotopic (exact) mass is 326 g/mol. The molecule has 5 heteroatoms. The van der Waals surface area contributed by atoms with E-state index in [1.54, 1.807) is 0 Å². The minimum Gasteiger partial charge on any atom is -0.449 e. The molecule has 1 aliphatic heterocycles. The van der Waals surface area contributed by atoms with Crippen molar-refractivity contribution in [3.05, 3.63) is 35.9 Å². The van der Waals surface area contributed by atoms with E-state index in [1.807, 2.05) is 23.1 Å². The summed E-state index contributed by atoms with van der Waals surface area (Å²) in [4.78, 5) is 14.2. The van der Waals surface area contributed by atoms with Gasteiger partial charge in [0, 0.05) is 19.0 Å². The molecule has 0 aliphatic carbocycles. The summed E-state index contributed by atoms with van der Waals surface area (Å²) in [5.41, 5.74) is 1.20. The first-order chi connectivity index (χ1) is 10.3. The Morgan fingerprint density at radius 2 is 1.95 bits per heavy atom. The summed E-state index contributed by atoms with van der Waals surface area (Å²) in [6.45, 7) is 5.32. The highest BCUT2D eigenvalue weighted by Crippen LogP contribution is 2.14. The summed E-state index contributed by atoms with van der Waals surface area (Å²) in [5.74, 6) is 0.